The Morgan fingerprint density at radius 3 is 2.67 bits per heavy atom. The molecular weight excluding hydrogens is 339 g/mol. The number of anilines is 1. The van der Waals surface area contributed by atoms with Gasteiger partial charge in [0, 0.05) is 4.47 Å². The van der Waals surface area contributed by atoms with E-state index in [4.69, 9.17) is 33.7 Å². The van der Waals surface area contributed by atoms with Crippen molar-refractivity contribution in [1.29, 1.82) is 0 Å². The van der Waals surface area contributed by atoms with Crippen molar-refractivity contribution in [2.75, 3.05) is 5.73 Å². The van der Waals surface area contributed by atoms with Crippen LogP contribution in [0.25, 0.3) is 0 Å². The van der Waals surface area contributed by atoms with Gasteiger partial charge in [-0.25, -0.2) is 4.98 Å². The second-order valence-electron chi connectivity index (χ2n) is 3.53. The van der Waals surface area contributed by atoms with Crippen LogP contribution in [-0.4, -0.2) is 4.98 Å². The molecule has 0 fully saturated rings. The van der Waals surface area contributed by atoms with Crippen molar-refractivity contribution in [3.05, 3.63) is 50.5 Å². The molecule has 0 spiro atoms. The number of pyridine rings is 1. The Kier molecular flexibility index (Phi) is 4.32. The maximum Gasteiger partial charge on any atom is 0.139 e. The lowest BCUT2D eigenvalue weighted by Crippen LogP contribution is -2.02. The van der Waals surface area contributed by atoms with Gasteiger partial charge < -0.3 is 10.5 Å². The molecule has 0 aliphatic heterocycles. The summed E-state index contributed by atoms with van der Waals surface area (Å²) in [4.78, 5) is 4.11. The SMILES string of the molecule is Nc1ccc(Cl)c(COc2cc(Br)ccc2Cl)n1. The number of hydrogen-bond donors (Lipinski definition) is 1. The number of ether oxygens (including phenoxy) is 1. The monoisotopic (exact) mass is 346 g/mol. The van der Waals surface area contributed by atoms with Gasteiger partial charge in [0.1, 0.15) is 18.2 Å². The van der Waals surface area contributed by atoms with Gasteiger partial charge in [0.2, 0.25) is 0 Å². The summed E-state index contributed by atoms with van der Waals surface area (Å²) in [6, 6.07) is 8.68. The van der Waals surface area contributed by atoms with Crippen molar-refractivity contribution < 1.29 is 4.74 Å². The van der Waals surface area contributed by atoms with E-state index in [0.29, 0.717) is 27.3 Å². The Balaban J connectivity index is 2.16. The van der Waals surface area contributed by atoms with E-state index >= 15 is 0 Å². The van der Waals surface area contributed by atoms with Crippen LogP contribution in [0.2, 0.25) is 10.0 Å². The number of nitrogen functional groups attached to an aromatic ring is 1. The number of benzene rings is 1. The first kappa shape index (κ1) is 13.5. The molecule has 0 radical (unpaired) electrons. The van der Waals surface area contributed by atoms with Crippen molar-refractivity contribution >= 4 is 44.9 Å². The van der Waals surface area contributed by atoms with Crippen LogP contribution >= 0.6 is 39.1 Å². The summed E-state index contributed by atoms with van der Waals surface area (Å²) in [7, 11) is 0. The van der Waals surface area contributed by atoms with E-state index < -0.39 is 0 Å². The molecular formula is C12H9BrCl2N2O. The molecule has 0 atom stereocenters. The van der Waals surface area contributed by atoms with Gasteiger partial charge in [0.15, 0.2) is 0 Å². The second-order valence-corrected chi connectivity index (χ2v) is 5.26. The van der Waals surface area contributed by atoms with Gasteiger partial charge in [-0.2, -0.15) is 0 Å². The fourth-order valence-corrected chi connectivity index (χ4v) is 2.01. The van der Waals surface area contributed by atoms with Crippen molar-refractivity contribution in [3.8, 4) is 5.75 Å². The molecule has 0 amide bonds. The minimum atomic E-state index is 0.208. The van der Waals surface area contributed by atoms with Crippen LogP contribution in [0.3, 0.4) is 0 Å². The molecule has 94 valence electrons. The largest absolute Gasteiger partial charge is 0.486 e. The second kappa shape index (κ2) is 5.78. The number of hydrogen-bond acceptors (Lipinski definition) is 3. The zero-order chi connectivity index (χ0) is 13.1. The zero-order valence-corrected chi connectivity index (χ0v) is 12.3. The molecule has 1 aromatic heterocycles. The third-order valence-corrected chi connectivity index (χ3v) is 3.35. The standard InChI is InChI=1S/C12H9BrCl2N2O/c13-7-1-2-9(15)11(5-7)18-6-10-8(14)3-4-12(16)17-10/h1-5H,6H2,(H2,16,17). The highest BCUT2D eigenvalue weighted by molar-refractivity contribution is 9.10. The lowest BCUT2D eigenvalue weighted by molar-refractivity contribution is 0.301. The molecule has 0 aliphatic carbocycles. The van der Waals surface area contributed by atoms with Crippen LogP contribution in [0.4, 0.5) is 5.82 Å². The quantitative estimate of drug-likeness (QED) is 0.899. The maximum absolute atomic E-state index is 6.01. The van der Waals surface area contributed by atoms with Crippen molar-refractivity contribution in [2.24, 2.45) is 0 Å². The Morgan fingerprint density at radius 1 is 1.17 bits per heavy atom. The Morgan fingerprint density at radius 2 is 1.89 bits per heavy atom. The number of nitrogens with zero attached hydrogens (tertiary/aromatic N) is 1. The molecule has 0 aliphatic rings. The molecule has 0 saturated heterocycles. The summed E-state index contributed by atoms with van der Waals surface area (Å²) >= 11 is 15.4. The van der Waals surface area contributed by atoms with Crippen molar-refractivity contribution in [2.45, 2.75) is 6.61 Å². The van der Waals surface area contributed by atoms with Gasteiger partial charge in [0.25, 0.3) is 0 Å². The smallest absolute Gasteiger partial charge is 0.139 e. The van der Waals surface area contributed by atoms with E-state index in [-0.39, 0.29) is 6.61 Å². The first-order valence-electron chi connectivity index (χ1n) is 5.05. The summed E-state index contributed by atoms with van der Waals surface area (Å²) in [6.45, 7) is 0.208. The lowest BCUT2D eigenvalue weighted by Gasteiger charge is -2.09. The van der Waals surface area contributed by atoms with Crippen molar-refractivity contribution in [3.63, 3.8) is 0 Å². The first-order chi connectivity index (χ1) is 8.56. The molecule has 18 heavy (non-hydrogen) atoms. The van der Waals surface area contributed by atoms with E-state index in [0.717, 1.165) is 4.47 Å². The van der Waals surface area contributed by atoms with E-state index in [9.17, 15) is 0 Å². The molecule has 6 heteroatoms. The zero-order valence-electron chi connectivity index (χ0n) is 9.16. The molecule has 1 heterocycles. The first-order valence-corrected chi connectivity index (χ1v) is 6.60. The average molecular weight is 348 g/mol. The molecule has 0 bridgehead atoms. The topological polar surface area (TPSA) is 48.1 Å². The van der Waals surface area contributed by atoms with Gasteiger partial charge >= 0.3 is 0 Å². The third kappa shape index (κ3) is 3.28. The molecule has 2 rings (SSSR count). The summed E-state index contributed by atoms with van der Waals surface area (Å²) in [5.41, 5.74) is 6.17. The highest BCUT2D eigenvalue weighted by atomic mass is 79.9. The van der Waals surface area contributed by atoms with Gasteiger partial charge in [-0.05, 0) is 30.3 Å². The van der Waals surface area contributed by atoms with Gasteiger partial charge in [-0.1, -0.05) is 39.1 Å². The van der Waals surface area contributed by atoms with Gasteiger partial charge in [0.05, 0.1) is 15.7 Å². The maximum atomic E-state index is 6.01. The van der Waals surface area contributed by atoms with Crippen LogP contribution in [0.1, 0.15) is 5.69 Å². The van der Waals surface area contributed by atoms with E-state index in [1.54, 1.807) is 24.3 Å². The summed E-state index contributed by atoms with van der Waals surface area (Å²) in [6.07, 6.45) is 0. The third-order valence-electron chi connectivity index (χ3n) is 2.20. The highest BCUT2D eigenvalue weighted by Crippen LogP contribution is 2.29. The predicted octanol–water partition coefficient (Wildman–Crippen LogP) is 4.31. The van der Waals surface area contributed by atoms with Gasteiger partial charge in [-0.15, -0.1) is 0 Å². The Labute approximate surface area is 123 Å². The van der Waals surface area contributed by atoms with Crippen LogP contribution in [-0.2, 0) is 6.61 Å². The van der Waals surface area contributed by atoms with Crippen LogP contribution in [0.5, 0.6) is 5.75 Å². The van der Waals surface area contributed by atoms with E-state index in [1.807, 2.05) is 6.07 Å². The number of halogens is 3. The number of nitrogens with two attached hydrogens (primary N) is 1. The van der Waals surface area contributed by atoms with Gasteiger partial charge in [-0.3, -0.25) is 0 Å². The molecule has 1 aromatic carbocycles. The molecule has 0 unspecified atom stereocenters. The fraction of sp³-hybridized carbons (Fsp3) is 0.0833. The number of rotatable bonds is 3. The normalized spacial score (nSPS) is 10.4. The summed E-state index contributed by atoms with van der Waals surface area (Å²) in [5.74, 6) is 0.963. The minimum absolute atomic E-state index is 0.208. The van der Waals surface area contributed by atoms with Crippen LogP contribution in [0, 0.1) is 0 Å². The molecule has 2 N–H and O–H groups in total. The van der Waals surface area contributed by atoms with E-state index in [2.05, 4.69) is 20.9 Å². The highest BCUT2D eigenvalue weighted by Gasteiger charge is 2.07. The average Bonchev–Trinajstić information content (AvgIpc) is 2.34. The van der Waals surface area contributed by atoms with Crippen LogP contribution in [0.15, 0.2) is 34.8 Å². The Hall–Kier alpha value is -0.970. The summed E-state index contributed by atoms with van der Waals surface area (Å²) < 4.78 is 6.46. The fourth-order valence-electron chi connectivity index (χ4n) is 1.34. The Bertz CT molecular complexity index is 526. The minimum Gasteiger partial charge on any atom is -0.486 e. The predicted molar refractivity (Wildman–Crippen MR) is 77.1 cm³/mol. The van der Waals surface area contributed by atoms with Crippen LogP contribution < -0.4 is 10.5 Å². The van der Waals surface area contributed by atoms with Crippen molar-refractivity contribution in [1.82, 2.24) is 4.98 Å². The molecule has 3 nitrogen and oxygen atoms in total. The molecule has 2 aromatic rings. The lowest BCUT2D eigenvalue weighted by atomic mass is 10.3. The molecule has 0 saturated carbocycles. The summed E-state index contributed by atoms with van der Waals surface area (Å²) in [5, 5.41) is 1.04. The number of aromatic nitrogens is 1. The van der Waals surface area contributed by atoms with E-state index in [1.165, 1.54) is 0 Å².